The lowest BCUT2D eigenvalue weighted by molar-refractivity contribution is -0.130. The van der Waals surface area contributed by atoms with Gasteiger partial charge in [-0.3, -0.25) is 9.59 Å². The van der Waals surface area contributed by atoms with Crippen LogP contribution in [0.1, 0.15) is 13.3 Å². The Hall–Kier alpha value is -1.25. The minimum absolute atomic E-state index is 0.335. The van der Waals surface area contributed by atoms with E-state index >= 15 is 0 Å². The molecule has 64 valence electrons. The highest BCUT2D eigenvalue weighted by atomic mass is 19.1. The molecule has 2 nitrogen and oxygen atoms in total. The van der Waals surface area contributed by atoms with Crippen molar-refractivity contribution in [1.29, 1.82) is 0 Å². The maximum Gasteiger partial charge on any atom is 0.206 e. The zero-order chi connectivity index (χ0) is 9.19. The number of hydrogen-bond acceptors (Lipinski definition) is 2. The topological polar surface area (TPSA) is 34.1 Å². The molecule has 1 atom stereocenters. The van der Waals surface area contributed by atoms with Crippen molar-refractivity contribution in [3.63, 3.8) is 0 Å². The third kappa shape index (κ3) is 1.49. The lowest BCUT2D eigenvalue weighted by atomic mass is 9.90. The number of rotatable bonds is 1. The normalized spacial score (nSPS) is 30.2. The molecule has 0 saturated heterocycles. The molecule has 1 rings (SSSR count). The van der Waals surface area contributed by atoms with Gasteiger partial charge in [0.05, 0.1) is 6.42 Å². The molecule has 3 heteroatoms. The van der Waals surface area contributed by atoms with E-state index in [1.165, 1.54) is 6.08 Å². The molecule has 1 aliphatic carbocycles. The molecule has 0 spiro atoms. The summed E-state index contributed by atoms with van der Waals surface area (Å²) in [6.07, 6.45) is 4.39. The highest BCUT2D eigenvalue weighted by Gasteiger charge is 2.36. The fraction of sp³-hybridized carbons (Fsp3) is 0.333. The van der Waals surface area contributed by atoms with E-state index in [9.17, 15) is 14.0 Å². The molecule has 1 aliphatic rings. The van der Waals surface area contributed by atoms with Gasteiger partial charge in [0, 0.05) is 0 Å². The number of allylic oxidation sites excluding steroid dienone is 4. The third-order valence-electron chi connectivity index (χ3n) is 1.68. The van der Waals surface area contributed by atoms with E-state index < -0.39 is 11.5 Å². The Balaban J connectivity index is 2.99. The first-order valence-electron chi connectivity index (χ1n) is 3.66. The Labute approximate surface area is 69.8 Å². The number of halogens is 1. The molecular formula is C9H9FO2. The Morgan fingerprint density at radius 3 is 2.75 bits per heavy atom. The summed E-state index contributed by atoms with van der Waals surface area (Å²) in [5, 5.41) is 0. The van der Waals surface area contributed by atoms with Gasteiger partial charge in [0.15, 0.2) is 11.6 Å². The van der Waals surface area contributed by atoms with Crippen LogP contribution in [-0.2, 0) is 9.59 Å². The molecule has 0 aliphatic heterocycles. The molecule has 0 bridgehead atoms. The molecule has 1 unspecified atom stereocenters. The smallest absolute Gasteiger partial charge is 0.206 e. The summed E-state index contributed by atoms with van der Waals surface area (Å²) in [5.74, 6) is -1.02. The van der Waals surface area contributed by atoms with Crippen LogP contribution in [0.4, 0.5) is 4.39 Å². The average molecular weight is 168 g/mol. The van der Waals surface area contributed by atoms with Gasteiger partial charge in [-0.1, -0.05) is 6.08 Å². The molecule has 0 N–H and O–H groups in total. The van der Waals surface area contributed by atoms with E-state index in [0.29, 0.717) is 0 Å². The van der Waals surface area contributed by atoms with Crippen LogP contribution in [-0.4, -0.2) is 17.2 Å². The van der Waals surface area contributed by atoms with E-state index in [1.807, 2.05) is 0 Å². The number of Topliss-reactive ketones (excluding diaryl/α,β-unsaturated/α-hetero) is 1. The second kappa shape index (κ2) is 3.01. The molecule has 0 heterocycles. The van der Waals surface area contributed by atoms with Gasteiger partial charge >= 0.3 is 0 Å². The van der Waals surface area contributed by atoms with Gasteiger partial charge in [0.25, 0.3) is 0 Å². The van der Waals surface area contributed by atoms with Crippen LogP contribution in [0.25, 0.3) is 0 Å². The van der Waals surface area contributed by atoms with Gasteiger partial charge in [0.1, 0.15) is 0 Å². The highest BCUT2D eigenvalue weighted by molar-refractivity contribution is 6.12. The monoisotopic (exact) mass is 168 g/mol. The van der Waals surface area contributed by atoms with Crippen LogP contribution in [0.15, 0.2) is 24.3 Å². The van der Waals surface area contributed by atoms with Crippen LogP contribution in [0.5, 0.6) is 0 Å². The van der Waals surface area contributed by atoms with Crippen molar-refractivity contribution in [2.75, 3.05) is 0 Å². The lowest BCUT2D eigenvalue weighted by Crippen LogP contribution is -2.34. The summed E-state index contributed by atoms with van der Waals surface area (Å²) in [6.45, 7) is 1.62. The first kappa shape index (κ1) is 8.84. The largest absolute Gasteiger partial charge is 0.295 e. The zero-order valence-corrected chi connectivity index (χ0v) is 6.71. The maximum atomic E-state index is 13.5. The highest BCUT2D eigenvalue weighted by Crippen LogP contribution is 2.22. The summed E-state index contributed by atoms with van der Waals surface area (Å²) >= 11 is 0. The summed E-state index contributed by atoms with van der Waals surface area (Å²) in [6, 6.07) is 0. The van der Waals surface area contributed by atoms with Gasteiger partial charge in [-0.15, -0.1) is 0 Å². The maximum absolute atomic E-state index is 13.5. The molecule has 0 fully saturated rings. The Morgan fingerprint density at radius 1 is 1.58 bits per heavy atom. The quantitative estimate of drug-likeness (QED) is 0.437. The molecule has 0 aromatic carbocycles. The minimum atomic E-state index is -2.05. The first-order chi connectivity index (χ1) is 5.58. The second-order valence-corrected chi connectivity index (χ2v) is 2.67. The van der Waals surface area contributed by atoms with Crippen molar-refractivity contribution in [3.8, 4) is 0 Å². The molecule has 0 amide bonds. The van der Waals surface area contributed by atoms with E-state index in [-0.39, 0.29) is 12.2 Å². The summed E-state index contributed by atoms with van der Waals surface area (Å²) < 4.78 is 13.5. The van der Waals surface area contributed by atoms with Crippen LogP contribution in [0.3, 0.4) is 0 Å². The third-order valence-corrected chi connectivity index (χ3v) is 1.68. The molecular weight excluding hydrogens is 159 g/mol. The van der Waals surface area contributed by atoms with Gasteiger partial charge in [-0.25, -0.2) is 4.39 Å². The molecule has 0 aromatic rings. The second-order valence-electron chi connectivity index (χ2n) is 2.67. The van der Waals surface area contributed by atoms with Crippen molar-refractivity contribution < 1.29 is 14.0 Å². The SMILES string of the molecule is CC=CC1(F)C=CC(=O)CC1=O. The van der Waals surface area contributed by atoms with E-state index in [4.69, 9.17) is 0 Å². The molecule has 0 radical (unpaired) electrons. The Kier molecular flexibility index (Phi) is 2.22. The number of carbonyl (C=O) groups is 2. The summed E-state index contributed by atoms with van der Waals surface area (Å²) in [4.78, 5) is 21.7. The zero-order valence-electron chi connectivity index (χ0n) is 6.71. The van der Waals surface area contributed by atoms with Gasteiger partial charge in [-0.05, 0) is 25.2 Å². The molecule has 0 saturated carbocycles. The van der Waals surface area contributed by atoms with Crippen molar-refractivity contribution in [1.82, 2.24) is 0 Å². The van der Waals surface area contributed by atoms with Gasteiger partial charge in [-0.2, -0.15) is 0 Å². The minimum Gasteiger partial charge on any atom is -0.295 e. The van der Waals surface area contributed by atoms with Gasteiger partial charge < -0.3 is 0 Å². The molecule has 12 heavy (non-hydrogen) atoms. The van der Waals surface area contributed by atoms with E-state index in [1.54, 1.807) is 6.92 Å². The number of ketones is 2. The Bertz CT molecular complexity index is 278. The molecule has 0 aromatic heterocycles. The van der Waals surface area contributed by atoms with E-state index in [2.05, 4.69) is 0 Å². The van der Waals surface area contributed by atoms with Crippen LogP contribution in [0, 0.1) is 0 Å². The predicted molar refractivity (Wildman–Crippen MR) is 42.4 cm³/mol. The summed E-state index contributed by atoms with van der Waals surface area (Å²) in [7, 11) is 0. The van der Waals surface area contributed by atoms with Crippen molar-refractivity contribution in [2.45, 2.75) is 19.0 Å². The first-order valence-corrected chi connectivity index (χ1v) is 3.66. The van der Waals surface area contributed by atoms with Crippen LogP contribution >= 0.6 is 0 Å². The Morgan fingerprint density at radius 2 is 2.25 bits per heavy atom. The standard InChI is InChI=1S/C9H9FO2/c1-2-4-9(10)5-3-7(11)6-8(9)12/h2-5H,6H2,1H3. The summed E-state index contributed by atoms with van der Waals surface area (Å²) in [5.41, 5.74) is -2.05. The van der Waals surface area contributed by atoms with Crippen molar-refractivity contribution in [2.24, 2.45) is 0 Å². The van der Waals surface area contributed by atoms with Crippen LogP contribution < -0.4 is 0 Å². The number of carbonyl (C=O) groups excluding carboxylic acids is 2. The van der Waals surface area contributed by atoms with E-state index in [0.717, 1.165) is 18.2 Å². The number of alkyl halides is 1. The van der Waals surface area contributed by atoms with Crippen molar-refractivity contribution >= 4 is 11.6 Å². The van der Waals surface area contributed by atoms with Crippen molar-refractivity contribution in [3.05, 3.63) is 24.3 Å². The number of hydrogen-bond donors (Lipinski definition) is 0. The average Bonchev–Trinajstić information content (AvgIpc) is 1.99. The fourth-order valence-electron chi connectivity index (χ4n) is 1.05. The van der Waals surface area contributed by atoms with Gasteiger partial charge in [0.2, 0.25) is 5.67 Å². The van der Waals surface area contributed by atoms with Crippen LogP contribution in [0.2, 0.25) is 0 Å². The predicted octanol–water partition coefficient (Wildman–Crippen LogP) is 1.37. The fourth-order valence-corrected chi connectivity index (χ4v) is 1.05. The lowest BCUT2D eigenvalue weighted by Gasteiger charge is -2.18.